The van der Waals surface area contributed by atoms with Crippen LogP contribution in [0.1, 0.15) is 28.8 Å². The maximum absolute atomic E-state index is 12.8. The topological polar surface area (TPSA) is 74.8 Å². The normalized spacial score (nSPS) is 18.0. The molecule has 0 radical (unpaired) electrons. The van der Waals surface area contributed by atoms with Crippen molar-refractivity contribution in [2.75, 3.05) is 13.1 Å². The maximum Gasteiger partial charge on any atom is 0.253 e. The van der Waals surface area contributed by atoms with Gasteiger partial charge in [0, 0.05) is 31.0 Å². The highest BCUT2D eigenvalue weighted by atomic mass is 16.2. The number of carbonyl (C=O) groups excluding carboxylic acids is 1. The number of rotatable bonds is 3. The van der Waals surface area contributed by atoms with Gasteiger partial charge in [0.05, 0.1) is 0 Å². The zero-order valence-electron chi connectivity index (χ0n) is 13.4. The molecule has 3 aromatic rings. The Balaban J connectivity index is 1.47. The molecule has 1 N–H and O–H groups in total. The van der Waals surface area contributed by atoms with Crippen molar-refractivity contribution >= 4 is 16.9 Å². The maximum atomic E-state index is 12.8. The number of aromatic amines is 1. The van der Waals surface area contributed by atoms with Crippen molar-refractivity contribution in [1.82, 2.24) is 25.3 Å². The smallest absolute Gasteiger partial charge is 0.253 e. The Morgan fingerprint density at radius 1 is 1.25 bits per heavy atom. The van der Waals surface area contributed by atoms with E-state index in [9.17, 15) is 4.79 Å². The molecule has 1 saturated heterocycles. The van der Waals surface area contributed by atoms with E-state index in [0.29, 0.717) is 11.5 Å². The molecule has 6 heteroatoms. The van der Waals surface area contributed by atoms with Gasteiger partial charge >= 0.3 is 0 Å². The number of fused-ring (bicyclic) bond motifs is 1. The van der Waals surface area contributed by atoms with Crippen molar-refractivity contribution in [2.45, 2.75) is 19.3 Å². The van der Waals surface area contributed by atoms with Gasteiger partial charge < -0.3 is 4.90 Å². The number of aromatic nitrogens is 4. The Kier molecular flexibility index (Phi) is 3.94. The average Bonchev–Trinajstić information content (AvgIpc) is 3.10. The van der Waals surface area contributed by atoms with E-state index in [4.69, 9.17) is 0 Å². The number of nitrogens with one attached hydrogen (secondary N) is 1. The van der Waals surface area contributed by atoms with Crippen LogP contribution in [0.2, 0.25) is 0 Å². The first-order chi connectivity index (χ1) is 11.8. The number of carbonyl (C=O) groups is 1. The van der Waals surface area contributed by atoms with Crippen molar-refractivity contribution in [3.63, 3.8) is 0 Å². The molecule has 1 aromatic carbocycles. The van der Waals surface area contributed by atoms with Gasteiger partial charge in [0.25, 0.3) is 5.91 Å². The lowest BCUT2D eigenvalue weighted by molar-refractivity contribution is 0.0673. The van der Waals surface area contributed by atoms with Gasteiger partial charge in [0.2, 0.25) is 0 Å². The summed E-state index contributed by atoms with van der Waals surface area (Å²) in [6, 6.07) is 9.55. The number of nitrogens with zero attached hydrogens (tertiary/aromatic N) is 4. The van der Waals surface area contributed by atoms with E-state index >= 15 is 0 Å². The third-order valence-corrected chi connectivity index (χ3v) is 4.62. The molecule has 1 atom stereocenters. The molecule has 0 aliphatic carbocycles. The Hall–Kier alpha value is -2.76. The molecule has 0 saturated carbocycles. The molecule has 1 aliphatic rings. The van der Waals surface area contributed by atoms with Crippen molar-refractivity contribution in [3.05, 3.63) is 53.9 Å². The van der Waals surface area contributed by atoms with Crippen LogP contribution in [0.5, 0.6) is 0 Å². The summed E-state index contributed by atoms with van der Waals surface area (Å²) in [5, 5.41) is 10.7. The van der Waals surface area contributed by atoms with E-state index in [1.807, 2.05) is 35.4 Å². The number of amides is 1. The molecule has 1 fully saturated rings. The van der Waals surface area contributed by atoms with Crippen molar-refractivity contribution in [2.24, 2.45) is 5.92 Å². The van der Waals surface area contributed by atoms with Crippen LogP contribution in [0.4, 0.5) is 0 Å². The second-order valence-electron chi connectivity index (χ2n) is 6.35. The van der Waals surface area contributed by atoms with Gasteiger partial charge in [0.1, 0.15) is 11.0 Å². The number of hydrogen-bond donors (Lipinski definition) is 1. The minimum atomic E-state index is 0.0794. The fourth-order valence-corrected chi connectivity index (χ4v) is 3.42. The lowest BCUT2D eigenvalue weighted by atomic mass is 9.91. The molecule has 1 aliphatic heterocycles. The summed E-state index contributed by atoms with van der Waals surface area (Å²) in [5.74, 6) is 0.568. The first-order valence-electron chi connectivity index (χ1n) is 8.28. The fourth-order valence-electron chi connectivity index (χ4n) is 3.42. The van der Waals surface area contributed by atoms with Gasteiger partial charge in [-0.15, -0.1) is 0 Å². The molecule has 6 nitrogen and oxygen atoms in total. The fraction of sp³-hybridized carbons (Fsp3) is 0.333. The Labute approximate surface area is 139 Å². The van der Waals surface area contributed by atoms with Crippen LogP contribution in [0.3, 0.4) is 0 Å². The van der Waals surface area contributed by atoms with Crippen LogP contribution in [-0.4, -0.2) is 44.3 Å². The Morgan fingerprint density at radius 3 is 3.04 bits per heavy atom. The second-order valence-corrected chi connectivity index (χ2v) is 6.35. The highest BCUT2D eigenvalue weighted by molar-refractivity contribution is 5.97. The summed E-state index contributed by atoms with van der Waals surface area (Å²) < 4.78 is 0. The van der Waals surface area contributed by atoms with Gasteiger partial charge in [-0.05, 0) is 55.0 Å². The van der Waals surface area contributed by atoms with Crippen molar-refractivity contribution < 1.29 is 4.79 Å². The van der Waals surface area contributed by atoms with Crippen molar-refractivity contribution in [3.8, 4) is 0 Å². The standard InChI is InChI=1S/C18H19N5O/c24-18(15-5-6-16-17(10-15)21-22-20-16)23-8-2-4-14(12-23)9-13-3-1-7-19-11-13/h1,3,5-7,10-11,14H,2,4,8-9,12H2,(H,20,21,22). The molecule has 0 spiro atoms. The van der Waals surface area contributed by atoms with E-state index in [0.717, 1.165) is 43.4 Å². The van der Waals surface area contributed by atoms with Gasteiger partial charge in [-0.1, -0.05) is 6.07 Å². The number of piperidine rings is 1. The predicted molar refractivity (Wildman–Crippen MR) is 90.5 cm³/mol. The van der Waals surface area contributed by atoms with Crippen LogP contribution >= 0.6 is 0 Å². The van der Waals surface area contributed by atoms with Gasteiger partial charge in [-0.2, -0.15) is 15.4 Å². The number of benzene rings is 1. The minimum Gasteiger partial charge on any atom is -0.338 e. The molecule has 1 unspecified atom stereocenters. The molecular formula is C18H19N5O. The van der Waals surface area contributed by atoms with E-state index in [2.05, 4.69) is 26.5 Å². The first kappa shape index (κ1) is 14.8. The quantitative estimate of drug-likeness (QED) is 0.804. The minimum absolute atomic E-state index is 0.0794. The highest BCUT2D eigenvalue weighted by Crippen LogP contribution is 2.22. The number of hydrogen-bond acceptors (Lipinski definition) is 4. The summed E-state index contributed by atoms with van der Waals surface area (Å²) in [6.45, 7) is 1.61. The molecule has 3 heterocycles. The van der Waals surface area contributed by atoms with Gasteiger partial charge in [-0.3, -0.25) is 9.78 Å². The lowest BCUT2D eigenvalue weighted by Gasteiger charge is -2.33. The first-order valence-corrected chi connectivity index (χ1v) is 8.28. The molecule has 24 heavy (non-hydrogen) atoms. The predicted octanol–water partition coefficient (Wildman–Crippen LogP) is 2.45. The zero-order chi connectivity index (χ0) is 16.4. The van der Waals surface area contributed by atoms with Crippen molar-refractivity contribution in [1.29, 1.82) is 0 Å². The van der Waals surface area contributed by atoms with E-state index < -0.39 is 0 Å². The number of likely N-dealkylation sites (tertiary alicyclic amines) is 1. The molecule has 4 rings (SSSR count). The lowest BCUT2D eigenvalue weighted by Crippen LogP contribution is -2.40. The molecule has 0 bridgehead atoms. The van der Waals surface area contributed by atoms with E-state index in [1.165, 1.54) is 5.56 Å². The third-order valence-electron chi connectivity index (χ3n) is 4.62. The largest absolute Gasteiger partial charge is 0.338 e. The average molecular weight is 321 g/mol. The van der Waals surface area contributed by atoms with E-state index in [1.54, 1.807) is 6.20 Å². The summed E-state index contributed by atoms with van der Waals surface area (Å²) in [7, 11) is 0. The van der Waals surface area contributed by atoms with E-state index in [-0.39, 0.29) is 5.91 Å². The van der Waals surface area contributed by atoms with Crippen LogP contribution in [0.15, 0.2) is 42.7 Å². The summed E-state index contributed by atoms with van der Waals surface area (Å²) in [5.41, 5.74) is 3.42. The van der Waals surface area contributed by atoms with Crippen LogP contribution in [-0.2, 0) is 6.42 Å². The Morgan fingerprint density at radius 2 is 2.17 bits per heavy atom. The van der Waals surface area contributed by atoms with Crippen LogP contribution < -0.4 is 0 Å². The SMILES string of the molecule is O=C(c1ccc2n[nH]nc2c1)N1CCCC(Cc2cccnc2)C1. The second kappa shape index (κ2) is 6.39. The number of pyridine rings is 1. The zero-order valence-corrected chi connectivity index (χ0v) is 13.4. The molecule has 2 aromatic heterocycles. The summed E-state index contributed by atoms with van der Waals surface area (Å²) in [4.78, 5) is 19.0. The number of H-pyrrole nitrogens is 1. The summed E-state index contributed by atoms with van der Waals surface area (Å²) >= 11 is 0. The monoisotopic (exact) mass is 321 g/mol. The molecular weight excluding hydrogens is 302 g/mol. The van der Waals surface area contributed by atoms with Gasteiger partial charge in [-0.25, -0.2) is 0 Å². The molecule has 1 amide bonds. The highest BCUT2D eigenvalue weighted by Gasteiger charge is 2.25. The van der Waals surface area contributed by atoms with Crippen LogP contribution in [0.25, 0.3) is 11.0 Å². The van der Waals surface area contributed by atoms with Crippen LogP contribution in [0, 0.1) is 5.92 Å². The third kappa shape index (κ3) is 2.99. The molecule has 122 valence electrons. The Bertz CT molecular complexity index is 845. The summed E-state index contributed by atoms with van der Waals surface area (Å²) in [6.07, 6.45) is 6.88. The van der Waals surface area contributed by atoms with Gasteiger partial charge in [0.15, 0.2) is 0 Å².